The molecule has 2 rings (SSSR count). The van der Waals surface area contributed by atoms with Gasteiger partial charge in [0.1, 0.15) is 0 Å². The van der Waals surface area contributed by atoms with E-state index in [0.717, 1.165) is 11.1 Å². The van der Waals surface area contributed by atoms with Gasteiger partial charge in [0.25, 0.3) is 5.91 Å². The van der Waals surface area contributed by atoms with Crippen LogP contribution in [0.1, 0.15) is 21.6 Å². The highest BCUT2D eigenvalue weighted by Gasteiger charge is 2.11. The molecule has 94 valence electrons. The maximum Gasteiger partial charge on any atom is 0.271 e. The van der Waals surface area contributed by atoms with Crippen LogP contribution in [0.25, 0.3) is 0 Å². The number of hydrogen-bond donors (Lipinski definition) is 3. The molecular formula is C12H14N4O2. The van der Waals surface area contributed by atoms with Gasteiger partial charge in [0.15, 0.2) is 5.69 Å². The quantitative estimate of drug-likeness (QED) is 0.711. The van der Waals surface area contributed by atoms with E-state index < -0.39 is 5.91 Å². The predicted octanol–water partition coefficient (Wildman–Crippen LogP) is 0.105. The summed E-state index contributed by atoms with van der Waals surface area (Å²) in [5.41, 5.74) is 13.0. The zero-order chi connectivity index (χ0) is 13.1. The van der Waals surface area contributed by atoms with Crippen molar-refractivity contribution in [2.45, 2.75) is 13.2 Å². The highest BCUT2D eigenvalue weighted by molar-refractivity contribution is 5.95. The molecule has 0 aliphatic rings. The molecule has 1 aromatic heterocycles. The van der Waals surface area contributed by atoms with Crippen molar-refractivity contribution in [3.8, 4) is 0 Å². The van der Waals surface area contributed by atoms with Crippen LogP contribution in [-0.2, 0) is 13.2 Å². The Kier molecular flexibility index (Phi) is 3.29. The van der Waals surface area contributed by atoms with Crippen molar-refractivity contribution in [1.29, 1.82) is 0 Å². The standard InChI is InChI=1S/C12H14N4O2/c13-10-6-16(15-11(10)12(14)18)5-8-1-3-9(7-17)4-2-8/h1-4,6,17H,5,7,13H2,(H2,14,18). The molecule has 0 radical (unpaired) electrons. The third-order valence-electron chi connectivity index (χ3n) is 2.57. The van der Waals surface area contributed by atoms with Crippen LogP contribution in [0, 0.1) is 0 Å². The van der Waals surface area contributed by atoms with Crippen LogP contribution in [0.5, 0.6) is 0 Å². The Bertz CT molecular complexity index is 560. The summed E-state index contributed by atoms with van der Waals surface area (Å²) in [7, 11) is 0. The number of benzene rings is 1. The van der Waals surface area contributed by atoms with E-state index in [1.165, 1.54) is 0 Å². The molecule has 0 fully saturated rings. The Balaban J connectivity index is 2.18. The number of carbonyl (C=O) groups is 1. The lowest BCUT2D eigenvalue weighted by Crippen LogP contribution is -2.14. The first-order valence-electron chi connectivity index (χ1n) is 5.41. The van der Waals surface area contributed by atoms with E-state index in [1.807, 2.05) is 24.3 Å². The maximum atomic E-state index is 11.0. The smallest absolute Gasteiger partial charge is 0.271 e. The van der Waals surface area contributed by atoms with Gasteiger partial charge in [0.2, 0.25) is 0 Å². The Labute approximate surface area is 104 Å². The monoisotopic (exact) mass is 246 g/mol. The normalized spacial score (nSPS) is 10.5. The molecule has 1 heterocycles. The first-order valence-corrected chi connectivity index (χ1v) is 5.41. The molecular weight excluding hydrogens is 232 g/mol. The van der Waals surface area contributed by atoms with E-state index in [2.05, 4.69) is 5.10 Å². The molecule has 0 atom stereocenters. The molecule has 0 saturated heterocycles. The zero-order valence-corrected chi connectivity index (χ0v) is 9.71. The van der Waals surface area contributed by atoms with Crippen molar-refractivity contribution in [3.63, 3.8) is 0 Å². The third kappa shape index (κ3) is 2.49. The Morgan fingerprint density at radius 2 is 1.89 bits per heavy atom. The molecule has 0 spiro atoms. The van der Waals surface area contributed by atoms with Crippen molar-refractivity contribution in [1.82, 2.24) is 9.78 Å². The number of amides is 1. The molecule has 6 heteroatoms. The van der Waals surface area contributed by atoms with Gasteiger partial charge in [-0.25, -0.2) is 0 Å². The number of nitrogens with zero attached hydrogens (tertiary/aromatic N) is 2. The number of hydrogen-bond acceptors (Lipinski definition) is 4. The van der Waals surface area contributed by atoms with E-state index in [9.17, 15) is 4.79 Å². The molecule has 0 saturated carbocycles. The summed E-state index contributed by atoms with van der Waals surface area (Å²) >= 11 is 0. The average Bonchev–Trinajstić information content (AvgIpc) is 2.71. The SMILES string of the molecule is NC(=O)c1nn(Cc2ccc(CO)cc2)cc1N. The highest BCUT2D eigenvalue weighted by Crippen LogP contribution is 2.11. The number of anilines is 1. The van der Waals surface area contributed by atoms with Gasteiger partial charge in [-0.15, -0.1) is 0 Å². The second-order valence-electron chi connectivity index (χ2n) is 3.97. The fraction of sp³-hybridized carbons (Fsp3) is 0.167. The van der Waals surface area contributed by atoms with E-state index in [4.69, 9.17) is 16.6 Å². The number of nitrogen functional groups attached to an aromatic ring is 1. The lowest BCUT2D eigenvalue weighted by molar-refractivity contribution is 0.0995. The van der Waals surface area contributed by atoms with Gasteiger partial charge in [0, 0.05) is 6.20 Å². The summed E-state index contributed by atoms with van der Waals surface area (Å²) in [6, 6.07) is 7.43. The van der Waals surface area contributed by atoms with Crippen LogP contribution < -0.4 is 11.5 Å². The van der Waals surface area contributed by atoms with Crippen LogP contribution in [0.3, 0.4) is 0 Å². The van der Waals surface area contributed by atoms with Crippen molar-refractivity contribution in [2.24, 2.45) is 5.73 Å². The van der Waals surface area contributed by atoms with E-state index in [-0.39, 0.29) is 18.0 Å². The van der Waals surface area contributed by atoms with Crippen LogP contribution in [0.15, 0.2) is 30.5 Å². The van der Waals surface area contributed by atoms with Gasteiger partial charge in [-0.05, 0) is 11.1 Å². The highest BCUT2D eigenvalue weighted by atomic mass is 16.3. The lowest BCUT2D eigenvalue weighted by Gasteiger charge is -2.02. The Morgan fingerprint density at radius 1 is 1.28 bits per heavy atom. The molecule has 18 heavy (non-hydrogen) atoms. The largest absolute Gasteiger partial charge is 0.396 e. The van der Waals surface area contributed by atoms with Crippen LogP contribution in [-0.4, -0.2) is 20.8 Å². The van der Waals surface area contributed by atoms with Gasteiger partial charge < -0.3 is 16.6 Å². The average molecular weight is 246 g/mol. The molecule has 1 amide bonds. The van der Waals surface area contributed by atoms with Crippen LogP contribution in [0.4, 0.5) is 5.69 Å². The Morgan fingerprint density at radius 3 is 2.39 bits per heavy atom. The first-order chi connectivity index (χ1) is 8.60. The van der Waals surface area contributed by atoms with E-state index >= 15 is 0 Å². The molecule has 6 nitrogen and oxygen atoms in total. The fourth-order valence-electron chi connectivity index (χ4n) is 1.65. The molecule has 0 aliphatic carbocycles. The lowest BCUT2D eigenvalue weighted by atomic mass is 10.1. The summed E-state index contributed by atoms with van der Waals surface area (Å²) in [4.78, 5) is 11.0. The van der Waals surface area contributed by atoms with Crippen LogP contribution >= 0.6 is 0 Å². The minimum Gasteiger partial charge on any atom is -0.396 e. The van der Waals surface area contributed by atoms with E-state index in [1.54, 1.807) is 10.9 Å². The van der Waals surface area contributed by atoms with Gasteiger partial charge in [-0.1, -0.05) is 24.3 Å². The number of aliphatic hydroxyl groups excluding tert-OH is 1. The first kappa shape index (κ1) is 12.1. The molecule has 0 unspecified atom stereocenters. The van der Waals surface area contributed by atoms with Crippen molar-refractivity contribution in [2.75, 3.05) is 5.73 Å². The minimum atomic E-state index is -0.637. The van der Waals surface area contributed by atoms with Gasteiger partial charge in [-0.2, -0.15) is 5.10 Å². The summed E-state index contributed by atoms with van der Waals surface area (Å²) in [5, 5.41) is 12.9. The summed E-state index contributed by atoms with van der Waals surface area (Å²) in [5.74, 6) is -0.637. The predicted molar refractivity (Wildman–Crippen MR) is 66.6 cm³/mol. The maximum absolute atomic E-state index is 11.0. The van der Waals surface area contributed by atoms with Crippen LogP contribution in [0.2, 0.25) is 0 Å². The van der Waals surface area contributed by atoms with Crippen molar-refractivity contribution < 1.29 is 9.90 Å². The van der Waals surface area contributed by atoms with Crippen molar-refractivity contribution in [3.05, 3.63) is 47.3 Å². The molecule has 0 bridgehead atoms. The summed E-state index contributed by atoms with van der Waals surface area (Å²) < 4.78 is 1.56. The third-order valence-corrected chi connectivity index (χ3v) is 2.57. The second kappa shape index (κ2) is 4.89. The number of nitrogens with two attached hydrogens (primary N) is 2. The number of carbonyl (C=O) groups excluding carboxylic acids is 1. The molecule has 5 N–H and O–H groups in total. The molecule has 2 aromatic rings. The van der Waals surface area contributed by atoms with Crippen molar-refractivity contribution >= 4 is 11.6 Å². The summed E-state index contributed by atoms with van der Waals surface area (Å²) in [6.45, 7) is 0.504. The topological polar surface area (TPSA) is 107 Å². The Hall–Kier alpha value is -2.34. The second-order valence-corrected chi connectivity index (χ2v) is 3.97. The van der Waals surface area contributed by atoms with Gasteiger partial charge in [0.05, 0.1) is 18.8 Å². The van der Waals surface area contributed by atoms with Gasteiger partial charge >= 0.3 is 0 Å². The number of primary amides is 1. The van der Waals surface area contributed by atoms with Gasteiger partial charge in [-0.3, -0.25) is 9.48 Å². The molecule has 1 aromatic carbocycles. The minimum absolute atomic E-state index is 0.0147. The fourth-order valence-corrected chi connectivity index (χ4v) is 1.65. The number of rotatable bonds is 4. The number of aliphatic hydroxyl groups is 1. The van der Waals surface area contributed by atoms with E-state index in [0.29, 0.717) is 6.54 Å². The molecule has 0 aliphatic heterocycles. The zero-order valence-electron chi connectivity index (χ0n) is 9.71. The number of aromatic nitrogens is 2. The summed E-state index contributed by atoms with van der Waals surface area (Å²) in [6.07, 6.45) is 1.57.